The lowest BCUT2D eigenvalue weighted by atomic mass is 10.1. The molecule has 21 heavy (non-hydrogen) atoms. The summed E-state index contributed by atoms with van der Waals surface area (Å²) in [6.45, 7) is 1.70. The van der Waals surface area contributed by atoms with Crippen molar-refractivity contribution in [2.45, 2.75) is 17.9 Å². The minimum atomic E-state index is -3.64. The van der Waals surface area contributed by atoms with Crippen LogP contribution < -0.4 is 9.46 Å². The van der Waals surface area contributed by atoms with E-state index in [0.717, 1.165) is 0 Å². The first-order chi connectivity index (χ1) is 9.92. The Morgan fingerprint density at radius 2 is 1.62 bits per heavy atom. The molecule has 1 atom stereocenters. The Labute approximate surface area is 123 Å². The summed E-state index contributed by atoms with van der Waals surface area (Å²) in [6.07, 6.45) is 0. The van der Waals surface area contributed by atoms with Gasteiger partial charge in [-0.2, -0.15) is 0 Å². The second-order valence-corrected chi connectivity index (χ2v) is 6.28. The van der Waals surface area contributed by atoms with Gasteiger partial charge in [0.25, 0.3) is 0 Å². The van der Waals surface area contributed by atoms with Crippen molar-refractivity contribution in [1.29, 1.82) is 0 Å². The first kappa shape index (κ1) is 15.5. The van der Waals surface area contributed by atoms with Gasteiger partial charge in [0.05, 0.1) is 12.0 Å². The third-order valence-electron chi connectivity index (χ3n) is 3.07. The molecule has 0 bridgehead atoms. The fourth-order valence-corrected chi connectivity index (χ4v) is 3.11. The van der Waals surface area contributed by atoms with E-state index in [1.165, 1.54) is 31.4 Å². The van der Waals surface area contributed by atoms with Gasteiger partial charge >= 0.3 is 0 Å². The molecule has 2 aromatic carbocycles. The third kappa shape index (κ3) is 3.80. The maximum Gasteiger partial charge on any atom is 0.241 e. The van der Waals surface area contributed by atoms with E-state index < -0.39 is 16.1 Å². The number of ether oxygens (including phenoxy) is 1. The lowest BCUT2D eigenvalue weighted by molar-refractivity contribution is 0.414. The van der Waals surface area contributed by atoms with Gasteiger partial charge in [0.2, 0.25) is 10.0 Å². The molecule has 1 unspecified atom stereocenters. The zero-order valence-electron chi connectivity index (χ0n) is 11.7. The van der Waals surface area contributed by atoms with Crippen LogP contribution in [0.3, 0.4) is 0 Å². The van der Waals surface area contributed by atoms with Crippen molar-refractivity contribution in [2.75, 3.05) is 7.11 Å². The molecule has 0 spiro atoms. The number of hydrogen-bond acceptors (Lipinski definition) is 3. The monoisotopic (exact) mass is 309 g/mol. The standard InChI is InChI=1S/C15H16FNO3S/c1-11(12-3-5-13(16)6-4-12)17-21(18,19)15-9-7-14(20-2)8-10-15/h3-11,17H,1-2H3. The van der Waals surface area contributed by atoms with Crippen LogP contribution in [0.4, 0.5) is 4.39 Å². The average Bonchev–Trinajstić information content (AvgIpc) is 2.47. The number of halogens is 1. The molecule has 0 radical (unpaired) electrons. The minimum Gasteiger partial charge on any atom is -0.497 e. The van der Waals surface area contributed by atoms with E-state index in [4.69, 9.17) is 4.74 Å². The number of sulfonamides is 1. The smallest absolute Gasteiger partial charge is 0.241 e. The molecule has 0 aliphatic carbocycles. The molecule has 6 heteroatoms. The van der Waals surface area contributed by atoms with Crippen molar-refractivity contribution >= 4 is 10.0 Å². The lowest BCUT2D eigenvalue weighted by Gasteiger charge is -2.15. The summed E-state index contributed by atoms with van der Waals surface area (Å²) in [6, 6.07) is 11.3. The highest BCUT2D eigenvalue weighted by Gasteiger charge is 2.18. The highest BCUT2D eigenvalue weighted by molar-refractivity contribution is 7.89. The fraction of sp³-hybridized carbons (Fsp3) is 0.200. The van der Waals surface area contributed by atoms with Crippen LogP contribution >= 0.6 is 0 Å². The van der Waals surface area contributed by atoms with Gasteiger partial charge in [-0.3, -0.25) is 0 Å². The van der Waals surface area contributed by atoms with Gasteiger partial charge in [-0.05, 0) is 48.9 Å². The van der Waals surface area contributed by atoms with Gasteiger partial charge in [0.1, 0.15) is 11.6 Å². The van der Waals surface area contributed by atoms with Gasteiger partial charge in [-0.15, -0.1) is 0 Å². The Balaban J connectivity index is 2.17. The molecular weight excluding hydrogens is 293 g/mol. The van der Waals surface area contributed by atoms with E-state index in [1.807, 2.05) is 0 Å². The number of methoxy groups -OCH3 is 1. The molecule has 0 amide bonds. The van der Waals surface area contributed by atoms with Crippen LogP contribution in [0.2, 0.25) is 0 Å². The van der Waals surface area contributed by atoms with Crippen molar-refractivity contribution in [2.24, 2.45) is 0 Å². The summed E-state index contributed by atoms with van der Waals surface area (Å²) >= 11 is 0. The van der Waals surface area contributed by atoms with Crippen LogP contribution in [0.5, 0.6) is 5.75 Å². The highest BCUT2D eigenvalue weighted by atomic mass is 32.2. The number of benzene rings is 2. The van der Waals surface area contributed by atoms with Crippen LogP contribution in [0.1, 0.15) is 18.5 Å². The van der Waals surface area contributed by atoms with Gasteiger partial charge in [-0.1, -0.05) is 12.1 Å². The second kappa shape index (κ2) is 6.24. The van der Waals surface area contributed by atoms with Gasteiger partial charge in [0, 0.05) is 6.04 Å². The average molecular weight is 309 g/mol. The summed E-state index contributed by atoms with van der Waals surface area (Å²) in [5.74, 6) is 0.226. The summed E-state index contributed by atoms with van der Waals surface area (Å²) in [7, 11) is -2.13. The summed E-state index contributed by atoms with van der Waals surface area (Å²) < 4.78 is 44.9. The predicted octanol–water partition coefficient (Wildman–Crippen LogP) is 2.87. The van der Waals surface area contributed by atoms with Crippen molar-refractivity contribution in [1.82, 2.24) is 4.72 Å². The molecule has 0 aromatic heterocycles. The minimum absolute atomic E-state index is 0.150. The van der Waals surface area contributed by atoms with E-state index in [9.17, 15) is 12.8 Å². The summed E-state index contributed by atoms with van der Waals surface area (Å²) in [5, 5.41) is 0. The maximum absolute atomic E-state index is 12.9. The molecule has 4 nitrogen and oxygen atoms in total. The molecule has 0 saturated heterocycles. The molecule has 0 aliphatic rings. The van der Waals surface area contributed by atoms with E-state index in [2.05, 4.69) is 4.72 Å². The van der Waals surface area contributed by atoms with Crippen molar-refractivity contribution in [3.63, 3.8) is 0 Å². The Morgan fingerprint density at radius 3 is 2.14 bits per heavy atom. The molecule has 0 heterocycles. The van der Waals surface area contributed by atoms with E-state index in [0.29, 0.717) is 11.3 Å². The molecule has 2 rings (SSSR count). The van der Waals surface area contributed by atoms with Crippen LogP contribution in [0.15, 0.2) is 53.4 Å². The Bertz CT molecular complexity index is 697. The second-order valence-electron chi connectivity index (χ2n) is 4.57. The molecule has 0 fully saturated rings. The molecule has 0 saturated carbocycles. The van der Waals surface area contributed by atoms with E-state index in [1.54, 1.807) is 31.2 Å². The fourth-order valence-electron chi connectivity index (χ4n) is 1.88. The van der Waals surface area contributed by atoms with Crippen molar-refractivity contribution in [3.8, 4) is 5.75 Å². The van der Waals surface area contributed by atoms with Crippen LogP contribution in [0, 0.1) is 5.82 Å². The zero-order chi connectivity index (χ0) is 15.5. The van der Waals surface area contributed by atoms with Crippen LogP contribution in [-0.2, 0) is 10.0 Å². The molecule has 1 N–H and O–H groups in total. The molecule has 2 aromatic rings. The van der Waals surface area contributed by atoms with Gasteiger partial charge < -0.3 is 4.74 Å². The highest BCUT2D eigenvalue weighted by Crippen LogP contribution is 2.19. The maximum atomic E-state index is 12.9. The number of nitrogens with one attached hydrogen (secondary N) is 1. The largest absolute Gasteiger partial charge is 0.497 e. The van der Waals surface area contributed by atoms with Crippen molar-refractivity contribution < 1.29 is 17.5 Å². The van der Waals surface area contributed by atoms with Crippen LogP contribution in [0.25, 0.3) is 0 Å². The van der Waals surface area contributed by atoms with Gasteiger partial charge in [-0.25, -0.2) is 17.5 Å². The van der Waals surface area contributed by atoms with E-state index in [-0.39, 0.29) is 10.7 Å². The first-order valence-electron chi connectivity index (χ1n) is 6.34. The number of rotatable bonds is 5. The molecule has 112 valence electrons. The summed E-state index contributed by atoms with van der Waals surface area (Å²) in [5.41, 5.74) is 0.688. The van der Waals surface area contributed by atoms with Crippen molar-refractivity contribution in [3.05, 3.63) is 59.9 Å². The topological polar surface area (TPSA) is 55.4 Å². The van der Waals surface area contributed by atoms with E-state index >= 15 is 0 Å². The number of hydrogen-bond donors (Lipinski definition) is 1. The van der Waals surface area contributed by atoms with Gasteiger partial charge in [0.15, 0.2) is 0 Å². The molecular formula is C15H16FNO3S. The Morgan fingerprint density at radius 1 is 1.05 bits per heavy atom. The SMILES string of the molecule is COc1ccc(S(=O)(=O)NC(C)c2ccc(F)cc2)cc1. The molecule has 0 aliphatic heterocycles. The lowest BCUT2D eigenvalue weighted by Crippen LogP contribution is -2.26. The third-order valence-corrected chi connectivity index (χ3v) is 4.63. The zero-order valence-corrected chi connectivity index (χ0v) is 12.5. The normalized spacial score (nSPS) is 12.9. The summed E-state index contributed by atoms with van der Waals surface area (Å²) in [4.78, 5) is 0.150. The Kier molecular flexibility index (Phi) is 4.59. The quantitative estimate of drug-likeness (QED) is 0.924. The first-order valence-corrected chi connectivity index (χ1v) is 7.82. The van der Waals surface area contributed by atoms with Crippen LogP contribution in [-0.4, -0.2) is 15.5 Å². The predicted molar refractivity (Wildman–Crippen MR) is 78.1 cm³/mol. The Hall–Kier alpha value is -1.92.